The molecular weight excluding hydrogens is 432 g/mol. The Morgan fingerprint density at radius 1 is 1.12 bits per heavy atom. The number of aryl methyl sites for hydroxylation is 2. The van der Waals surface area contributed by atoms with Crippen LogP contribution in [0, 0.1) is 13.8 Å². The van der Waals surface area contributed by atoms with Gasteiger partial charge in [0.1, 0.15) is 11.9 Å². The highest BCUT2D eigenvalue weighted by atomic mass is 35.5. The van der Waals surface area contributed by atoms with Crippen LogP contribution in [-0.4, -0.2) is 20.4 Å². The second-order valence-corrected chi connectivity index (χ2v) is 8.88. The third-order valence-corrected chi connectivity index (χ3v) is 6.42. The Morgan fingerprint density at radius 3 is 2.64 bits per heavy atom. The van der Waals surface area contributed by atoms with Gasteiger partial charge in [-0.05, 0) is 66.8 Å². The molecule has 0 radical (unpaired) electrons. The average molecular weight is 461 g/mol. The van der Waals surface area contributed by atoms with Gasteiger partial charge in [-0.15, -0.1) is 0 Å². The Kier molecular flexibility index (Phi) is 7.09. The van der Waals surface area contributed by atoms with Gasteiger partial charge >= 0.3 is 0 Å². The summed E-state index contributed by atoms with van der Waals surface area (Å²) in [5, 5.41) is 3.82. The second kappa shape index (κ2) is 10.2. The van der Waals surface area contributed by atoms with Crippen LogP contribution in [0.4, 0.5) is 0 Å². The maximum Gasteiger partial charge on any atom is 0.243 e. The maximum atomic E-state index is 13.5. The number of halogens is 1. The molecule has 0 aliphatic carbocycles. The number of fused-ring (bicyclic) bond motifs is 1. The zero-order chi connectivity index (χ0) is 23.4. The number of rotatable bonds is 8. The number of pyridine rings is 1. The number of carbonyl (C=O) groups excluding carboxylic acids is 1. The third kappa shape index (κ3) is 5.09. The number of aromatic nitrogens is 3. The van der Waals surface area contributed by atoms with Crippen LogP contribution in [0.1, 0.15) is 53.9 Å². The Morgan fingerprint density at radius 2 is 1.91 bits per heavy atom. The number of carbonyl (C=O) groups is 1. The summed E-state index contributed by atoms with van der Waals surface area (Å²) >= 11 is 6.47. The maximum absolute atomic E-state index is 13.5. The number of nitrogens with one attached hydrogen (secondary N) is 1. The van der Waals surface area contributed by atoms with Gasteiger partial charge in [0.2, 0.25) is 5.91 Å². The topological polar surface area (TPSA) is 59.8 Å². The molecule has 6 heteroatoms. The van der Waals surface area contributed by atoms with Gasteiger partial charge in [-0.2, -0.15) is 0 Å². The largest absolute Gasteiger partial charge is 0.350 e. The van der Waals surface area contributed by atoms with Crippen LogP contribution < -0.4 is 5.32 Å². The molecule has 1 unspecified atom stereocenters. The number of hydrogen-bond acceptors (Lipinski definition) is 3. The van der Waals surface area contributed by atoms with E-state index >= 15 is 0 Å². The lowest BCUT2D eigenvalue weighted by molar-refractivity contribution is -0.124. The molecule has 0 saturated carbocycles. The number of imidazole rings is 1. The second-order valence-electron chi connectivity index (χ2n) is 8.47. The Hall–Kier alpha value is -3.18. The minimum Gasteiger partial charge on any atom is -0.350 e. The molecule has 4 rings (SSSR count). The van der Waals surface area contributed by atoms with E-state index in [0.717, 1.165) is 34.4 Å². The van der Waals surface area contributed by atoms with Crippen LogP contribution in [0.2, 0.25) is 5.02 Å². The van der Waals surface area contributed by atoms with Gasteiger partial charge in [0, 0.05) is 30.4 Å². The SMILES string of the molecule is CCCC(C(=O)NCc1cccnc1)n1c(Cc2ccccc2Cl)nc2cc(C)c(C)cc21. The summed E-state index contributed by atoms with van der Waals surface area (Å²) in [6, 6.07) is 15.5. The standard InChI is InChI=1S/C27H29ClN4O/c1-4-8-24(27(33)30-17-20-9-7-12-29-16-20)32-25-14-19(3)18(2)13-23(25)31-26(32)15-21-10-5-6-11-22(21)28/h5-7,9-14,16,24H,4,8,15,17H2,1-3H3,(H,30,33). The summed E-state index contributed by atoms with van der Waals surface area (Å²) in [5.74, 6) is 0.830. The fourth-order valence-electron chi connectivity index (χ4n) is 4.15. The summed E-state index contributed by atoms with van der Waals surface area (Å²) in [4.78, 5) is 22.6. The third-order valence-electron chi connectivity index (χ3n) is 6.05. The van der Waals surface area contributed by atoms with Gasteiger partial charge in [0.05, 0.1) is 11.0 Å². The molecule has 0 saturated heterocycles. The predicted octanol–water partition coefficient (Wildman–Crippen LogP) is 5.95. The lowest BCUT2D eigenvalue weighted by Crippen LogP contribution is -2.33. The predicted molar refractivity (Wildman–Crippen MR) is 133 cm³/mol. The average Bonchev–Trinajstić information content (AvgIpc) is 3.14. The Labute approximate surface area is 199 Å². The number of hydrogen-bond donors (Lipinski definition) is 1. The fraction of sp³-hybridized carbons (Fsp3) is 0.296. The summed E-state index contributed by atoms with van der Waals surface area (Å²) in [5.41, 5.74) is 6.22. The van der Waals surface area contributed by atoms with E-state index in [2.05, 4.69) is 47.8 Å². The van der Waals surface area contributed by atoms with E-state index < -0.39 is 0 Å². The van der Waals surface area contributed by atoms with Crippen molar-refractivity contribution in [2.45, 2.75) is 52.6 Å². The molecule has 170 valence electrons. The van der Waals surface area contributed by atoms with E-state index in [9.17, 15) is 4.79 Å². The van der Waals surface area contributed by atoms with E-state index in [4.69, 9.17) is 16.6 Å². The van der Waals surface area contributed by atoms with Crippen molar-refractivity contribution >= 4 is 28.5 Å². The molecule has 0 aliphatic heterocycles. The smallest absolute Gasteiger partial charge is 0.243 e. The highest BCUT2D eigenvalue weighted by molar-refractivity contribution is 6.31. The molecule has 5 nitrogen and oxygen atoms in total. The zero-order valence-electron chi connectivity index (χ0n) is 19.3. The van der Waals surface area contributed by atoms with Gasteiger partial charge in [-0.3, -0.25) is 9.78 Å². The van der Waals surface area contributed by atoms with Crippen molar-refractivity contribution in [3.8, 4) is 0 Å². The van der Waals surface area contributed by atoms with Crippen molar-refractivity contribution in [1.82, 2.24) is 19.9 Å². The van der Waals surface area contributed by atoms with Crippen molar-refractivity contribution < 1.29 is 4.79 Å². The first-order chi connectivity index (χ1) is 16.0. The van der Waals surface area contributed by atoms with Crippen molar-refractivity contribution in [1.29, 1.82) is 0 Å². The van der Waals surface area contributed by atoms with Crippen LogP contribution in [0.5, 0.6) is 0 Å². The molecule has 4 aromatic rings. The van der Waals surface area contributed by atoms with E-state index in [0.29, 0.717) is 24.4 Å². The van der Waals surface area contributed by atoms with Crippen LogP contribution in [0.25, 0.3) is 11.0 Å². The first kappa shape index (κ1) is 23.0. The molecule has 1 N–H and O–H groups in total. The molecule has 1 amide bonds. The first-order valence-electron chi connectivity index (χ1n) is 11.4. The molecule has 33 heavy (non-hydrogen) atoms. The van der Waals surface area contributed by atoms with Crippen LogP contribution >= 0.6 is 11.6 Å². The Balaban J connectivity index is 1.76. The van der Waals surface area contributed by atoms with Crippen molar-refractivity contribution in [3.05, 3.63) is 94.0 Å². The highest BCUT2D eigenvalue weighted by Crippen LogP contribution is 2.29. The minimum atomic E-state index is -0.365. The number of amides is 1. The zero-order valence-corrected chi connectivity index (χ0v) is 20.1. The van der Waals surface area contributed by atoms with Gasteiger partial charge < -0.3 is 9.88 Å². The molecule has 0 bridgehead atoms. The molecular formula is C27H29ClN4O. The van der Waals surface area contributed by atoms with Crippen LogP contribution in [0.15, 0.2) is 60.9 Å². The summed E-state index contributed by atoms with van der Waals surface area (Å²) < 4.78 is 2.12. The normalized spacial score (nSPS) is 12.1. The van der Waals surface area contributed by atoms with Crippen LogP contribution in [-0.2, 0) is 17.8 Å². The summed E-state index contributed by atoms with van der Waals surface area (Å²) in [6.45, 7) is 6.73. The molecule has 2 heterocycles. The quantitative estimate of drug-likeness (QED) is 0.353. The van der Waals surface area contributed by atoms with E-state index in [1.807, 2.05) is 36.4 Å². The van der Waals surface area contributed by atoms with E-state index in [1.165, 1.54) is 11.1 Å². The number of benzene rings is 2. The van der Waals surface area contributed by atoms with E-state index in [1.54, 1.807) is 12.4 Å². The molecule has 0 spiro atoms. The lowest BCUT2D eigenvalue weighted by Gasteiger charge is -2.21. The summed E-state index contributed by atoms with van der Waals surface area (Å²) in [6.07, 6.45) is 5.65. The molecule has 0 aliphatic rings. The molecule has 0 fully saturated rings. The van der Waals surface area contributed by atoms with Gasteiger partial charge in [0.25, 0.3) is 0 Å². The molecule has 2 aromatic carbocycles. The lowest BCUT2D eigenvalue weighted by atomic mass is 10.1. The van der Waals surface area contributed by atoms with Crippen LogP contribution in [0.3, 0.4) is 0 Å². The highest BCUT2D eigenvalue weighted by Gasteiger charge is 2.25. The molecule has 1 atom stereocenters. The van der Waals surface area contributed by atoms with E-state index in [-0.39, 0.29) is 11.9 Å². The summed E-state index contributed by atoms with van der Waals surface area (Å²) in [7, 11) is 0. The van der Waals surface area contributed by atoms with Gasteiger partial charge in [-0.25, -0.2) is 4.98 Å². The van der Waals surface area contributed by atoms with Gasteiger partial charge in [-0.1, -0.05) is 49.2 Å². The fourth-order valence-corrected chi connectivity index (χ4v) is 4.35. The van der Waals surface area contributed by atoms with Gasteiger partial charge in [0.15, 0.2) is 0 Å². The number of nitrogens with zero attached hydrogens (tertiary/aromatic N) is 3. The van der Waals surface area contributed by atoms with Crippen molar-refractivity contribution in [2.24, 2.45) is 0 Å². The first-order valence-corrected chi connectivity index (χ1v) is 11.7. The minimum absolute atomic E-state index is 0.0151. The molecule has 2 aromatic heterocycles. The Bertz CT molecular complexity index is 1270. The monoisotopic (exact) mass is 460 g/mol. The van der Waals surface area contributed by atoms with Crippen molar-refractivity contribution in [2.75, 3.05) is 0 Å². The van der Waals surface area contributed by atoms with Crippen molar-refractivity contribution in [3.63, 3.8) is 0 Å².